The minimum Gasteiger partial charge on any atom is -0.458 e. The van der Waals surface area contributed by atoms with E-state index in [4.69, 9.17) is 9.16 Å². The summed E-state index contributed by atoms with van der Waals surface area (Å²) in [6.07, 6.45) is 11.8. The summed E-state index contributed by atoms with van der Waals surface area (Å²) in [5.41, 5.74) is 0.905. The Kier molecular flexibility index (Phi) is 8.56. The summed E-state index contributed by atoms with van der Waals surface area (Å²) in [5.74, 6) is 1.47. The average Bonchev–Trinajstić information content (AvgIpc) is 3.11. The van der Waals surface area contributed by atoms with Crippen LogP contribution in [-0.2, 0) is 9.16 Å². The zero-order valence-electron chi connectivity index (χ0n) is 22.9. The fraction of sp³-hybridized carbons (Fsp3) is 0.700. The van der Waals surface area contributed by atoms with Crippen molar-refractivity contribution in [1.29, 1.82) is 0 Å². The summed E-state index contributed by atoms with van der Waals surface area (Å²) in [7, 11) is -1.73. The number of ether oxygens (including phenoxy) is 1. The van der Waals surface area contributed by atoms with Crippen molar-refractivity contribution >= 4 is 14.3 Å². The lowest BCUT2D eigenvalue weighted by molar-refractivity contribution is -0.0444. The normalized spacial score (nSPS) is 29.6. The molecule has 1 aromatic rings. The number of allylic oxidation sites excluding steroid dienone is 1. The SMILES string of the molecule is C[C@H](CC=C[C@@H](C)[C@H]1CC[C@H]2[C@@H](OC(=O)c3ccccc3)CCC[C@]12C)O[Si](C)(C)C(C)(C)C. The van der Waals surface area contributed by atoms with Crippen LogP contribution in [0.5, 0.6) is 0 Å². The van der Waals surface area contributed by atoms with E-state index in [9.17, 15) is 4.79 Å². The van der Waals surface area contributed by atoms with Crippen molar-refractivity contribution in [1.82, 2.24) is 0 Å². The largest absolute Gasteiger partial charge is 0.458 e. The lowest BCUT2D eigenvalue weighted by Gasteiger charge is -2.45. The Balaban J connectivity index is 1.59. The Bertz CT molecular complexity index is 840. The van der Waals surface area contributed by atoms with Crippen LogP contribution in [0.25, 0.3) is 0 Å². The van der Waals surface area contributed by atoms with Gasteiger partial charge in [-0.2, -0.15) is 0 Å². The fourth-order valence-electron chi connectivity index (χ4n) is 6.29. The second-order valence-corrected chi connectivity index (χ2v) is 17.5. The van der Waals surface area contributed by atoms with Gasteiger partial charge in [0.2, 0.25) is 0 Å². The highest BCUT2D eigenvalue weighted by atomic mass is 28.4. The standard InChI is InChI=1S/C30H48O3Si/c1-22(14-12-15-23(2)33-34(7,8)29(3,4)5)25-19-20-26-27(18-13-21-30(25,26)6)32-28(31)24-16-10-9-11-17-24/h9-12,14,16-17,22-23,25-27H,13,15,18-21H2,1-8H3/t22-,23-,25-,26+,27+,30-/m1/s1. The quantitative estimate of drug-likeness (QED) is 0.211. The topological polar surface area (TPSA) is 35.5 Å². The molecule has 0 aromatic heterocycles. The first-order valence-electron chi connectivity index (χ1n) is 13.5. The highest BCUT2D eigenvalue weighted by Gasteiger charge is 2.53. The molecule has 0 heterocycles. The van der Waals surface area contributed by atoms with E-state index in [0.717, 1.165) is 25.7 Å². The predicted molar refractivity (Wildman–Crippen MR) is 144 cm³/mol. The first kappa shape index (κ1) is 27.2. The third-order valence-electron chi connectivity index (χ3n) is 9.25. The van der Waals surface area contributed by atoms with Crippen molar-refractivity contribution in [3.8, 4) is 0 Å². The van der Waals surface area contributed by atoms with Crippen molar-refractivity contribution in [3.05, 3.63) is 48.0 Å². The molecule has 0 radical (unpaired) electrons. The Morgan fingerprint density at radius 1 is 1.15 bits per heavy atom. The summed E-state index contributed by atoms with van der Waals surface area (Å²) in [6.45, 7) is 18.6. The minimum atomic E-state index is -1.73. The van der Waals surface area contributed by atoms with Crippen molar-refractivity contribution < 1.29 is 14.0 Å². The van der Waals surface area contributed by atoms with Gasteiger partial charge in [-0.05, 0) is 93.0 Å². The van der Waals surface area contributed by atoms with E-state index in [1.54, 1.807) is 0 Å². The molecule has 0 bridgehead atoms. The van der Waals surface area contributed by atoms with E-state index in [-0.39, 0.29) is 28.6 Å². The average molecular weight is 485 g/mol. The number of esters is 1. The molecule has 0 amide bonds. The maximum absolute atomic E-state index is 12.7. The molecule has 190 valence electrons. The molecule has 0 unspecified atom stereocenters. The maximum Gasteiger partial charge on any atom is 0.338 e. The van der Waals surface area contributed by atoms with E-state index in [0.29, 0.717) is 23.3 Å². The van der Waals surface area contributed by atoms with Gasteiger partial charge in [-0.15, -0.1) is 0 Å². The van der Waals surface area contributed by atoms with Crippen LogP contribution in [0.2, 0.25) is 18.1 Å². The molecule has 0 N–H and O–H groups in total. The van der Waals surface area contributed by atoms with Gasteiger partial charge >= 0.3 is 5.97 Å². The van der Waals surface area contributed by atoms with Gasteiger partial charge in [0.05, 0.1) is 5.56 Å². The molecule has 2 saturated carbocycles. The van der Waals surface area contributed by atoms with Crippen molar-refractivity contribution in [2.45, 2.75) is 110 Å². The van der Waals surface area contributed by atoms with Gasteiger partial charge in [-0.25, -0.2) is 4.79 Å². The van der Waals surface area contributed by atoms with Crippen LogP contribution in [0.1, 0.15) is 90.4 Å². The fourth-order valence-corrected chi connectivity index (χ4v) is 7.75. The van der Waals surface area contributed by atoms with Gasteiger partial charge in [0.15, 0.2) is 8.32 Å². The first-order valence-corrected chi connectivity index (χ1v) is 16.4. The van der Waals surface area contributed by atoms with Crippen LogP contribution in [0.4, 0.5) is 0 Å². The third kappa shape index (κ3) is 6.05. The third-order valence-corrected chi connectivity index (χ3v) is 13.9. The summed E-state index contributed by atoms with van der Waals surface area (Å²) in [5, 5.41) is 0.243. The highest BCUT2D eigenvalue weighted by Crippen LogP contribution is 2.58. The number of fused-ring (bicyclic) bond motifs is 1. The zero-order valence-corrected chi connectivity index (χ0v) is 23.9. The Morgan fingerprint density at radius 3 is 2.47 bits per heavy atom. The Morgan fingerprint density at radius 2 is 1.82 bits per heavy atom. The number of carbonyl (C=O) groups is 1. The van der Waals surface area contributed by atoms with Crippen molar-refractivity contribution in [2.75, 3.05) is 0 Å². The Labute approximate surface area is 209 Å². The summed E-state index contributed by atoms with van der Waals surface area (Å²) in [6, 6.07) is 9.44. The van der Waals surface area contributed by atoms with Crippen LogP contribution in [0.15, 0.2) is 42.5 Å². The summed E-state index contributed by atoms with van der Waals surface area (Å²) >= 11 is 0. The lowest BCUT2D eigenvalue weighted by Crippen LogP contribution is -2.43. The lowest BCUT2D eigenvalue weighted by atomic mass is 9.62. The van der Waals surface area contributed by atoms with Gasteiger partial charge in [0.25, 0.3) is 0 Å². The molecule has 1 aromatic carbocycles. The monoisotopic (exact) mass is 484 g/mol. The smallest absolute Gasteiger partial charge is 0.338 e. The number of rotatable bonds is 8. The van der Waals surface area contributed by atoms with Gasteiger partial charge < -0.3 is 9.16 Å². The van der Waals surface area contributed by atoms with Gasteiger partial charge in [-0.1, -0.05) is 65.0 Å². The predicted octanol–water partition coefficient (Wildman–Crippen LogP) is 8.42. The van der Waals surface area contributed by atoms with Gasteiger partial charge in [0, 0.05) is 12.0 Å². The van der Waals surface area contributed by atoms with E-state index in [2.05, 4.69) is 66.8 Å². The van der Waals surface area contributed by atoms with Crippen LogP contribution < -0.4 is 0 Å². The second-order valence-electron chi connectivity index (χ2n) is 12.7. The minimum absolute atomic E-state index is 0.0469. The van der Waals surface area contributed by atoms with Crippen molar-refractivity contribution in [2.24, 2.45) is 23.2 Å². The number of hydrogen-bond donors (Lipinski definition) is 0. The highest BCUT2D eigenvalue weighted by molar-refractivity contribution is 6.74. The molecule has 6 atom stereocenters. The number of benzene rings is 1. The second kappa shape index (κ2) is 10.7. The van der Waals surface area contributed by atoms with E-state index < -0.39 is 8.32 Å². The molecule has 0 spiro atoms. The molecule has 0 aliphatic heterocycles. The van der Waals surface area contributed by atoms with Crippen molar-refractivity contribution in [3.63, 3.8) is 0 Å². The molecule has 4 heteroatoms. The van der Waals surface area contributed by atoms with Crippen LogP contribution >= 0.6 is 0 Å². The molecular formula is C30H48O3Si. The molecule has 2 aliphatic rings. The molecule has 2 aliphatic carbocycles. The molecule has 3 rings (SSSR count). The van der Waals surface area contributed by atoms with E-state index in [1.807, 2.05) is 30.3 Å². The Hall–Kier alpha value is -1.39. The molecule has 3 nitrogen and oxygen atoms in total. The van der Waals surface area contributed by atoms with Crippen LogP contribution in [0, 0.1) is 23.2 Å². The van der Waals surface area contributed by atoms with Gasteiger partial charge in [0.1, 0.15) is 6.10 Å². The van der Waals surface area contributed by atoms with Gasteiger partial charge in [-0.3, -0.25) is 0 Å². The molecule has 34 heavy (non-hydrogen) atoms. The molecular weight excluding hydrogens is 436 g/mol. The summed E-state index contributed by atoms with van der Waals surface area (Å²) in [4.78, 5) is 12.7. The number of hydrogen-bond acceptors (Lipinski definition) is 3. The first-order chi connectivity index (χ1) is 15.8. The van der Waals surface area contributed by atoms with E-state index in [1.165, 1.54) is 12.8 Å². The van der Waals surface area contributed by atoms with Crippen LogP contribution in [-0.4, -0.2) is 26.5 Å². The summed E-state index contributed by atoms with van der Waals surface area (Å²) < 4.78 is 12.6. The number of carbonyl (C=O) groups excluding carboxylic acids is 1. The molecule has 0 saturated heterocycles. The van der Waals surface area contributed by atoms with Crippen LogP contribution in [0.3, 0.4) is 0 Å². The molecule has 2 fully saturated rings. The zero-order chi connectivity index (χ0) is 25.1. The van der Waals surface area contributed by atoms with E-state index >= 15 is 0 Å². The maximum atomic E-state index is 12.7.